The van der Waals surface area contributed by atoms with Crippen molar-refractivity contribution >= 4 is 21.7 Å². The average molecular weight is 446 g/mol. The molecule has 0 unspecified atom stereocenters. The summed E-state index contributed by atoms with van der Waals surface area (Å²) in [5, 5.41) is 4.04. The Balaban J connectivity index is 1.26. The highest BCUT2D eigenvalue weighted by molar-refractivity contribution is 7.92. The molecule has 1 aromatic rings. The monoisotopic (exact) mass is 445 g/mol. The van der Waals surface area contributed by atoms with E-state index in [0.29, 0.717) is 12.6 Å². The van der Waals surface area contributed by atoms with E-state index in [-0.39, 0.29) is 12.1 Å². The Labute approximate surface area is 184 Å². The third-order valence-corrected chi connectivity index (χ3v) is 8.25. The summed E-state index contributed by atoms with van der Waals surface area (Å²) < 4.78 is 32.8. The van der Waals surface area contributed by atoms with Crippen LogP contribution >= 0.6 is 0 Å². The van der Waals surface area contributed by atoms with Crippen molar-refractivity contribution in [2.24, 2.45) is 0 Å². The first kappa shape index (κ1) is 21.0. The Hall–Kier alpha value is -1.90. The molecule has 7 nitrogen and oxygen atoms in total. The van der Waals surface area contributed by atoms with Crippen LogP contribution in [0, 0.1) is 0 Å². The number of likely N-dealkylation sites (tertiary alicyclic amines) is 1. The van der Waals surface area contributed by atoms with Crippen LogP contribution in [0.3, 0.4) is 0 Å². The van der Waals surface area contributed by atoms with Crippen LogP contribution in [0.2, 0.25) is 0 Å². The van der Waals surface area contributed by atoms with Crippen molar-refractivity contribution in [2.75, 3.05) is 18.5 Å². The van der Waals surface area contributed by atoms with E-state index < -0.39 is 16.1 Å². The summed E-state index contributed by atoms with van der Waals surface area (Å²) in [6, 6.07) is 2.02. The number of ether oxygens (including phenoxy) is 1. The zero-order valence-corrected chi connectivity index (χ0v) is 18.8. The van der Waals surface area contributed by atoms with Gasteiger partial charge >= 0.3 is 6.03 Å². The lowest BCUT2D eigenvalue weighted by atomic mass is 9.99. The van der Waals surface area contributed by atoms with Crippen LogP contribution in [0.25, 0.3) is 0 Å². The maximum atomic E-state index is 12.6. The van der Waals surface area contributed by atoms with Crippen molar-refractivity contribution in [3.63, 3.8) is 0 Å². The average Bonchev–Trinajstić information content (AvgIpc) is 3.45. The maximum absolute atomic E-state index is 12.6. The SMILES string of the molecule is C[C@H]1OC[C@H]1N1CCC[C@@H]1/C=C/S(=O)(=O)NC(=O)Nc1c2c(cc3c1CCC3)CCC2. The molecule has 0 radical (unpaired) electrons. The number of benzene rings is 1. The molecule has 2 aliphatic carbocycles. The van der Waals surface area contributed by atoms with E-state index >= 15 is 0 Å². The fourth-order valence-corrected chi connectivity index (χ4v) is 6.40. The van der Waals surface area contributed by atoms with E-state index in [1.807, 2.05) is 6.92 Å². The first-order chi connectivity index (χ1) is 14.9. The molecule has 3 atom stereocenters. The summed E-state index contributed by atoms with van der Waals surface area (Å²) in [5.41, 5.74) is 5.81. The zero-order valence-electron chi connectivity index (χ0n) is 18.0. The standard InChI is InChI=1S/C23H31N3O4S/c1-15-21(14-30-15)26-11-4-7-18(26)10-12-31(28,29)25-23(27)24-22-19-8-2-5-16(19)13-17-6-3-9-20(17)22/h10,12-13,15,18,21H,2-9,11,14H2,1H3,(H2,24,25,27)/b12-10+/t15-,18-,21-/m1/s1. The Kier molecular flexibility index (Phi) is 5.56. The number of sulfonamides is 1. The van der Waals surface area contributed by atoms with Crippen LogP contribution in [-0.2, 0) is 40.4 Å². The number of carbonyl (C=O) groups is 1. The number of nitrogens with one attached hydrogen (secondary N) is 2. The largest absolute Gasteiger partial charge is 0.375 e. The van der Waals surface area contributed by atoms with Crippen LogP contribution in [0.1, 0.15) is 54.9 Å². The summed E-state index contributed by atoms with van der Waals surface area (Å²) >= 11 is 0. The third kappa shape index (κ3) is 4.13. The number of fused-ring (bicyclic) bond motifs is 2. The van der Waals surface area contributed by atoms with Gasteiger partial charge in [0.15, 0.2) is 0 Å². The first-order valence-electron chi connectivity index (χ1n) is 11.5. The van der Waals surface area contributed by atoms with Crippen molar-refractivity contribution in [1.29, 1.82) is 0 Å². The van der Waals surface area contributed by atoms with E-state index in [0.717, 1.165) is 69.0 Å². The number of hydrogen-bond acceptors (Lipinski definition) is 5. The molecule has 5 rings (SSSR count). The first-order valence-corrected chi connectivity index (χ1v) is 13.0. The Bertz CT molecular complexity index is 988. The second-order valence-electron chi connectivity index (χ2n) is 9.22. The Morgan fingerprint density at radius 1 is 1.13 bits per heavy atom. The van der Waals surface area contributed by atoms with Gasteiger partial charge in [0.1, 0.15) is 0 Å². The minimum Gasteiger partial charge on any atom is -0.375 e. The molecule has 2 fully saturated rings. The summed E-state index contributed by atoms with van der Waals surface area (Å²) in [6.07, 6.45) is 9.95. The fourth-order valence-electron chi connectivity index (χ4n) is 5.64. The smallest absolute Gasteiger partial charge is 0.333 e. The summed E-state index contributed by atoms with van der Waals surface area (Å²) in [5.74, 6) is 0. The molecule has 0 aromatic heterocycles. The molecule has 2 saturated heterocycles. The number of hydrogen-bond donors (Lipinski definition) is 2. The molecule has 31 heavy (non-hydrogen) atoms. The minimum absolute atomic E-state index is 0.0663. The van der Waals surface area contributed by atoms with Crippen LogP contribution in [-0.4, -0.2) is 50.7 Å². The molecular weight excluding hydrogens is 414 g/mol. The molecular formula is C23H31N3O4S. The van der Waals surface area contributed by atoms with Gasteiger partial charge < -0.3 is 10.1 Å². The molecule has 4 aliphatic rings. The minimum atomic E-state index is -3.87. The van der Waals surface area contributed by atoms with Crippen LogP contribution in [0.5, 0.6) is 0 Å². The number of amides is 2. The summed E-state index contributed by atoms with van der Waals surface area (Å²) in [4.78, 5) is 14.9. The van der Waals surface area contributed by atoms with Crippen LogP contribution in [0.15, 0.2) is 17.6 Å². The maximum Gasteiger partial charge on any atom is 0.333 e. The van der Waals surface area contributed by atoms with Gasteiger partial charge in [-0.1, -0.05) is 12.1 Å². The number of urea groups is 1. The van der Waals surface area contributed by atoms with Crippen molar-refractivity contribution in [2.45, 2.75) is 76.5 Å². The van der Waals surface area contributed by atoms with E-state index in [4.69, 9.17) is 4.74 Å². The van der Waals surface area contributed by atoms with Gasteiger partial charge in [0.25, 0.3) is 10.0 Å². The number of rotatable bonds is 5. The van der Waals surface area contributed by atoms with E-state index in [1.165, 1.54) is 22.3 Å². The quantitative estimate of drug-likeness (QED) is 0.728. The van der Waals surface area contributed by atoms with Gasteiger partial charge in [-0.25, -0.2) is 17.9 Å². The molecule has 1 aromatic carbocycles. The number of carbonyl (C=O) groups excluding carboxylic acids is 1. The van der Waals surface area contributed by atoms with Gasteiger partial charge in [-0.3, -0.25) is 4.90 Å². The molecule has 0 bridgehead atoms. The lowest BCUT2D eigenvalue weighted by Gasteiger charge is -2.42. The fraction of sp³-hybridized carbons (Fsp3) is 0.609. The molecule has 8 heteroatoms. The lowest BCUT2D eigenvalue weighted by molar-refractivity contribution is -0.124. The topological polar surface area (TPSA) is 87.7 Å². The predicted molar refractivity (Wildman–Crippen MR) is 120 cm³/mol. The van der Waals surface area contributed by atoms with Crippen molar-refractivity contribution in [1.82, 2.24) is 9.62 Å². The van der Waals surface area contributed by atoms with Crippen LogP contribution in [0.4, 0.5) is 10.5 Å². The second kappa shape index (κ2) is 8.22. The highest BCUT2D eigenvalue weighted by Crippen LogP contribution is 2.38. The highest BCUT2D eigenvalue weighted by atomic mass is 32.2. The predicted octanol–water partition coefficient (Wildman–Crippen LogP) is 2.88. The van der Waals surface area contributed by atoms with Gasteiger partial charge in [-0.15, -0.1) is 0 Å². The molecule has 2 amide bonds. The van der Waals surface area contributed by atoms with Crippen LogP contribution < -0.4 is 10.0 Å². The molecule has 2 aliphatic heterocycles. The normalized spacial score (nSPS) is 27.8. The number of aryl methyl sites for hydroxylation is 2. The van der Waals surface area contributed by atoms with E-state index in [1.54, 1.807) is 6.08 Å². The summed E-state index contributed by atoms with van der Waals surface area (Å²) in [6.45, 7) is 3.70. The van der Waals surface area contributed by atoms with Gasteiger partial charge in [0.05, 0.1) is 18.8 Å². The Morgan fingerprint density at radius 3 is 2.45 bits per heavy atom. The number of nitrogens with zero attached hydrogens (tertiary/aromatic N) is 1. The van der Waals surface area contributed by atoms with E-state index in [9.17, 15) is 13.2 Å². The zero-order chi connectivity index (χ0) is 21.6. The van der Waals surface area contributed by atoms with E-state index in [2.05, 4.69) is 21.0 Å². The number of anilines is 1. The van der Waals surface area contributed by atoms with Gasteiger partial charge in [0, 0.05) is 17.1 Å². The van der Waals surface area contributed by atoms with Crippen molar-refractivity contribution < 1.29 is 17.9 Å². The Morgan fingerprint density at radius 2 is 1.84 bits per heavy atom. The van der Waals surface area contributed by atoms with Crippen molar-refractivity contribution in [3.05, 3.63) is 39.8 Å². The molecule has 2 N–H and O–H groups in total. The third-order valence-electron chi connectivity index (χ3n) is 7.27. The lowest BCUT2D eigenvalue weighted by Crippen LogP contribution is -2.55. The molecule has 0 saturated carbocycles. The highest BCUT2D eigenvalue weighted by Gasteiger charge is 2.38. The van der Waals surface area contributed by atoms with Gasteiger partial charge in [-0.2, -0.15) is 0 Å². The molecule has 168 valence electrons. The van der Waals surface area contributed by atoms with Crippen molar-refractivity contribution in [3.8, 4) is 0 Å². The van der Waals surface area contributed by atoms with Gasteiger partial charge in [-0.05, 0) is 87.1 Å². The van der Waals surface area contributed by atoms with Gasteiger partial charge in [0.2, 0.25) is 0 Å². The molecule has 2 heterocycles. The summed E-state index contributed by atoms with van der Waals surface area (Å²) in [7, 11) is -3.87. The molecule has 0 spiro atoms. The second-order valence-corrected chi connectivity index (χ2v) is 10.8.